The van der Waals surface area contributed by atoms with Crippen LogP contribution in [0.15, 0.2) is 0 Å². The molecular weight excluding hydrogens is 376 g/mol. The Labute approximate surface area is 174 Å². The Hall–Kier alpha value is -0.360. The second kappa shape index (κ2) is 9.63. The third kappa shape index (κ3) is 4.53. The number of hydrogen-bond acceptors (Lipinski definition) is 4. The SMILES string of the molecule is CCOC1CCCCC1C(=O)NC1CC(C2ONC3CCCCC32)CCC1Cl. The van der Waals surface area contributed by atoms with E-state index in [0.29, 0.717) is 24.5 Å². The van der Waals surface area contributed by atoms with Gasteiger partial charge >= 0.3 is 0 Å². The molecule has 2 N–H and O–H groups in total. The second-order valence-corrected chi connectivity index (χ2v) is 9.90. The second-order valence-electron chi connectivity index (χ2n) is 9.34. The van der Waals surface area contributed by atoms with E-state index in [9.17, 15) is 4.79 Å². The summed E-state index contributed by atoms with van der Waals surface area (Å²) in [4.78, 5) is 19.1. The maximum atomic E-state index is 13.1. The Kier molecular flexibility index (Phi) is 7.19. The molecule has 4 fully saturated rings. The first-order chi connectivity index (χ1) is 13.7. The highest BCUT2D eigenvalue weighted by Gasteiger charge is 2.45. The van der Waals surface area contributed by atoms with E-state index in [1.165, 1.54) is 25.7 Å². The number of halogens is 1. The maximum Gasteiger partial charge on any atom is 0.225 e. The van der Waals surface area contributed by atoms with Crippen LogP contribution in [-0.2, 0) is 14.4 Å². The van der Waals surface area contributed by atoms with Crippen LogP contribution in [0.5, 0.6) is 0 Å². The zero-order valence-corrected chi connectivity index (χ0v) is 18.0. The molecule has 3 saturated carbocycles. The van der Waals surface area contributed by atoms with E-state index in [-0.39, 0.29) is 35.5 Å². The number of carbonyl (C=O) groups is 1. The predicted molar refractivity (Wildman–Crippen MR) is 110 cm³/mol. The molecule has 4 aliphatic rings. The first-order valence-corrected chi connectivity index (χ1v) is 12.1. The molecule has 5 nitrogen and oxygen atoms in total. The summed E-state index contributed by atoms with van der Waals surface area (Å²) >= 11 is 6.67. The number of alkyl halides is 1. The molecule has 1 heterocycles. The fourth-order valence-corrected chi connectivity index (χ4v) is 6.40. The molecule has 1 amide bonds. The zero-order chi connectivity index (χ0) is 19.5. The Balaban J connectivity index is 1.36. The zero-order valence-electron chi connectivity index (χ0n) is 17.2. The van der Waals surface area contributed by atoms with Gasteiger partial charge in [-0.1, -0.05) is 25.7 Å². The van der Waals surface area contributed by atoms with Gasteiger partial charge in [0.25, 0.3) is 0 Å². The molecule has 1 saturated heterocycles. The van der Waals surface area contributed by atoms with Crippen LogP contribution in [0, 0.1) is 17.8 Å². The molecule has 0 aromatic carbocycles. The van der Waals surface area contributed by atoms with Crippen molar-refractivity contribution in [3.8, 4) is 0 Å². The standard InChI is InChI=1S/C22H37ClN2O3/c1-2-27-20-10-6-4-8-16(20)22(26)24-19-13-14(11-12-17(19)23)21-15-7-3-5-9-18(15)25-28-21/h14-21,25H,2-13H2,1H3,(H,24,26). The summed E-state index contributed by atoms with van der Waals surface area (Å²) in [5.74, 6) is 1.23. The van der Waals surface area contributed by atoms with Crippen molar-refractivity contribution in [1.29, 1.82) is 0 Å². The molecule has 3 aliphatic carbocycles. The van der Waals surface area contributed by atoms with Crippen molar-refractivity contribution in [3.05, 3.63) is 0 Å². The third-order valence-electron chi connectivity index (χ3n) is 7.62. The smallest absolute Gasteiger partial charge is 0.225 e. The average molecular weight is 413 g/mol. The van der Waals surface area contributed by atoms with Gasteiger partial charge in [0.1, 0.15) is 0 Å². The van der Waals surface area contributed by atoms with E-state index in [2.05, 4.69) is 10.8 Å². The van der Waals surface area contributed by atoms with Gasteiger partial charge in [-0.15, -0.1) is 11.6 Å². The fourth-order valence-electron chi connectivity index (χ4n) is 6.11. The van der Waals surface area contributed by atoms with Gasteiger partial charge in [0.15, 0.2) is 0 Å². The van der Waals surface area contributed by atoms with Crippen LogP contribution in [0.25, 0.3) is 0 Å². The maximum absolute atomic E-state index is 13.1. The van der Waals surface area contributed by atoms with Crippen molar-refractivity contribution in [2.75, 3.05) is 6.61 Å². The van der Waals surface area contributed by atoms with Gasteiger partial charge in [-0.05, 0) is 57.8 Å². The summed E-state index contributed by atoms with van der Waals surface area (Å²) in [6.07, 6.45) is 12.6. The summed E-state index contributed by atoms with van der Waals surface area (Å²) in [7, 11) is 0. The minimum atomic E-state index is -0.0231. The van der Waals surface area contributed by atoms with Gasteiger partial charge < -0.3 is 10.1 Å². The molecule has 8 atom stereocenters. The molecule has 6 heteroatoms. The molecule has 1 aliphatic heterocycles. The topological polar surface area (TPSA) is 59.6 Å². The van der Waals surface area contributed by atoms with E-state index in [1.54, 1.807) is 0 Å². The number of amides is 1. The van der Waals surface area contributed by atoms with Crippen LogP contribution in [-0.4, -0.2) is 42.2 Å². The Morgan fingerprint density at radius 1 is 1.11 bits per heavy atom. The van der Waals surface area contributed by atoms with Gasteiger partial charge in [0, 0.05) is 24.6 Å². The lowest BCUT2D eigenvalue weighted by Crippen LogP contribution is -2.51. The first-order valence-electron chi connectivity index (χ1n) is 11.6. The number of carbonyl (C=O) groups excluding carboxylic acids is 1. The van der Waals surface area contributed by atoms with Crippen molar-refractivity contribution in [2.24, 2.45) is 17.8 Å². The Bertz CT molecular complexity index is 532. The van der Waals surface area contributed by atoms with Crippen LogP contribution in [0.1, 0.15) is 77.6 Å². The van der Waals surface area contributed by atoms with Crippen LogP contribution in [0.3, 0.4) is 0 Å². The first kappa shape index (κ1) is 20.9. The number of fused-ring (bicyclic) bond motifs is 1. The molecule has 0 bridgehead atoms. The predicted octanol–water partition coefficient (Wildman–Crippen LogP) is 3.94. The highest BCUT2D eigenvalue weighted by Crippen LogP contribution is 2.41. The van der Waals surface area contributed by atoms with Crippen molar-refractivity contribution in [3.63, 3.8) is 0 Å². The van der Waals surface area contributed by atoms with Crippen LogP contribution < -0.4 is 10.8 Å². The third-order valence-corrected chi connectivity index (χ3v) is 8.14. The number of ether oxygens (including phenoxy) is 1. The lowest BCUT2D eigenvalue weighted by molar-refractivity contribution is -0.133. The number of nitrogens with one attached hydrogen (secondary N) is 2. The van der Waals surface area contributed by atoms with Crippen molar-refractivity contribution >= 4 is 17.5 Å². The van der Waals surface area contributed by atoms with Gasteiger partial charge in [0.05, 0.1) is 23.5 Å². The normalized spacial score (nSPS) is 44.1. The van der Waals surface area contributed by atoms with E-state index in [0.717, 1.165) is 44.9 Å². The molecule has 0 radical (unpaired) electrons. The van der Waals surface area contributed by atoms with Gasteiger partial charge in [-0.3, -0.25) is 9.63 Å². The van der Waals surface area contributed by atoms with Crippen LogP contribution in [0.2, 0.25) is 0 Å². The Morgan fingerprint density at radius 3 is 2.75 bits per heavy atom. The van der Waals surface area contributed by atoms with Crippen molar-refractivity contribution in [2.45, 2.75) is 107 Å². The van der Waals surface area contributed by atoms with Crippen molar-refractivity contribution in [1.82, 2.24) is 10.8 Å². The van der Waals surface area contributed by atoms with Crippen molar-refractivity contribution < 1.29 is 14.4 Å². The minimum Gasteiger partial charge on any atom is -0.378 e. The quantitative estimate of drug-likeness (QED) is 0.671. The van der Waals surface area contributed by atoms with Crippen LogP contribution in [0.4, 0.5) is 0 Å². The van der Waals surface area contributed by atoms with Gasteiger partial charge in [-0.25, -0.2) is 0 Å². The highest BCUT2D eigenvalue weighted by molar-refractivity contribution is 6.21. The minimum absolute atomic E-state index is 0.0193. The van der Waals surface area contributed by atoms with E-state index in [1.807, 2.05) is 6.92 Å². The number of rotatable bonds is 5. The van der Waals surface area contributed by atoms with Crippen LogP contribution >= 0.6 is 11.6 Å². The molecule has 4 rings (SSSR count). The van der Waals surface area contributed by atoms with Gasteiger partial charge in [0.2, 0.25) is 5.91 Å². The summed E-state index contributed by atoms with van der Waals surface area (Å²) in [5.41, 5.74) is 3.31. The molecule has 0 aromatic heterocycles. The van der Waals surface area contributed by atoms with Gasteiger partial charge in [-0.2, -0.15) is 5.48 Å². The molecule has 0 spiro atoms. The summed E-state index contributed by atoms with van der Waals surface area (Å²) in [6, 6.07) is 0.568. The fraction of sp³-hybridized carbons (Fsp3) is 0.955. The molecule has 0 aromatic rings. The molecular formula is C22H37ClN2O3. The summed E-state index contributed by atoms with van der Waals surface area (Å²) in [6.45, 7) is 2.69. The van der Waals surface area contributed by atoms with E-state index < -0.39 is 0 Å². The molecule has 160 valence electrons. The lowest BCUT2D eigenvalue weighted by atomic mass is 9.73. The average Bonchev–Trinajstić information content (AvgIpc) is 3.14. The largest absolute Gasteiger partial charge is 0.378 e. The van der Waals surface area contributed by atoms with E-state index >= 15 is 0 Å². The lowest BCUT2D eigenvalue weighted by Gasteiger charge is -2.39. The summed E-state index contributed by atoms with van der Waals surface area (Å²) in [5, 5.41) is 3.34. The monoisotopic (exact) mass is 412 g/mol. The molecule has 28 heavy (non-hydrogen) atoms. The number of hydroxylamine groups is 1. The molecule has 8 unspecified atom stereocenters. The summed E-state index contributed by atoms with van der Waals surface area (Å²) < 4.78 is 5.87. The number of hydrogen-bond donors (Lipinski definition) is 2. The van der Waals surface area contributed by atoms with E-state index in [4.69, 9.17) is 21.2 Å². The Morgan fingerprint density at radius 2 is 1.89 bits per heavy atom. The highest BCUT2D eigenvalue weighted by atomic mass is 35.5.